The molecule has 70 valence electrons. The Morgan fingerprint density at radius 3 is 1.58 bits per heavy atom. The summed E-state index contributed by atoms with van der Waals surface area (Å²) in [7, 11) is 0. The summed E-state index contributed by atoms with van der Waals surface area (Å²) in [4.78, 5) is 0. The molecule has 0 fully saturated rings. The summed E-state index contributed by atoms with van der Waals surface area (Å²) < 4.78 is 21.7. The van der Waals surface area contributed by atoms with Crippen LogP contribution in [0.3, 0.4) is 0 Å². The number of hydrogen-bond acceptors (Lipinski definition) is 2. The van der Waals surface area contributed by atoms with Gasteiger partial charge in [0.1, 0.15) is 0 Å². The fraction of sp³-hybridized carbons (Fsp3) is 1.00. The Kier molecular flexibility index (Phi) is 19.2. The maximum absolute atomic E-state index is 11.2. The third-order valence-corrected chi connectivity index (χ3v) is 6.82. The van der Waals surface area contributed by atoms with Crippen LogP contribution in [0.5, 0.6) is 0 Å². The molecule has 0 aliphatic heterocycles. The first-order chi connectivity index (χ1) is 5.81. The van der Waals surface area contributed by atoms with Gasteiger partial charge >= 0.3 is 96.8 Å². The predicted octanol–water partition coefficient (Wildman–Crippen LogP) is 2.51. The van der Waals surface area contributed by atoms with Crippen molar-refractivity contribution in [3.63, 3.8) is 0 Å². The second-order valence-corrected chi connectivity index (χ2v) is 8.67. The van der Waals surface area contributed by atoms with E-state index in [0.717, 1.165) is 8.87 Å². The molecule has 2 nitrogen and oxygen atoms in total. The van der Waals surface area contributed by atoms with Crippen LogP contribution in [0.4, 0.5) is 0 Å². The van der Waals surface area contributed by atoms with Gasteiger partial charge in [-0.1, -0.05) is 0 Å². The molecule has 0 rings (SSSR count). The zero-order valence-corrected chi connectivity index (χ0v) is 13.8. The molecule has 0 aliphatic carbocycles. The Balaban J connectivity index is 0. The third-order valence-electron chi connectivity index (χ3n) is 1.62. The van der Waals surface area contributed by atoms with Crippen molar-refractivity contribution in [3.05, 3.63) is 0 Å². The SMILES string of the molecule is CCC[CH2][Sn](=[O])[CH2]CCC.[O]=[Sn]. The molecule has 0 amide bonds. The standard InChI is InChI=1S/2C4H9.2O.2Sn/c2*1-3-4-2;;;;/h2*1,3-4H2,2H3;;;;. The predicted molar refractivity (Wildman–Crippen MR) is 52.3 cm³/mol. The molecule has 0 aromatic rings. The van der Waals surface area contributed by atoms with Crippen molar-refractivity contribution in [2.75, 3.05) is 0 Å². The average molecular weight is 384 g/mol. The molecular formula is C8H18O2Sn2. The van der Waals surface area contributed by atoms with Crippen LogP contribution in [0.1, 0.15) is 39.5 Å². The van der Waals surface area contributed by atoms with Crippen molar-refractivity contribution in [3.8, 4) is 0 Å². The van der Waals surface area contributed by atoms with Crippen molar-refractivity contribution in [2.24, 2.45) is 0 Å². The van der Waals surface area contributed by atoms with Crippen LogP contribution in [0.15, 0.2) is 0 Å². The molecule has 0 aromatic heterocycles. The van der Waals surface area contributed by atoms with Gasteiger partial charge < -0.3 is 0 Å². The van der Waals surface area contributed by atoms with E-state index in [0.29, 0.717) is 22.5 Å². The Morgan fingerprint density at radius 2 is 1.33 bits per heavy atom. The van der Waals surface area contributed by atoms with E-state index in [2.05, 4.69) is 13.8 Å². The van der Waals surface area contributed by atoms with E-state index in [1.165, 1.54) is 25.7 Å². The van der Waals surface area contributed by atoms with Gasteiger partial charge in [-0.2, -0.15) is 0 Å². The Labute approximate surface area is 96.1 Å². The van der Waals surface area contributed by atoms with Gasteiger partial charge in [0.2, 0.25) is 0 Å². The van der Waals surface area contributed by atoms with E-state index in [1.807, 2.05) is 0 Å². The third kappa shape index (κ3) is 13.8. The molecule has 0 saturated carbocycles. The summed E-state index contributed by atoms with van der Waals surface area (Å²) in [6, 6.07) is 0. The van der Waals surface area contributed by atoms with E-state index < -0.39 is 19.7 Å². The van der Waals surface area contributed by atoms with Crippen LogP contribution in [0.2, 0.25) is 8.87 Å². The van der Waals surface area contributed by atoms with Crippen LogP contribution in [-0.2, 0) is 6.15 Å². The number of unbranched alkanes of at least 4 members (excludes halogenated alkanes) is 2. The summed E-state index contributed by atoms with van der Waals surface area (Å²) in [6.45, 7) is 4.33. The van der Waals surface area contributed by atoms with Crippen LogP contribution < -0.4 is 0 Å². The van der Waals surface area contributed by atoms with Crippen molar-refractivity contribution in [1.29, 1.82) is 0 Å². The Morgan fingerprint density at radius 1 is 1.00 bits per heavy atom. The molecule has 0 aliphatic rings. The van der Waals surface area contributed by atoms with Gasteiger partial charge in [-0.15, -0.1) is 0 Å². The quantitative estimate of drug-likeness (QED) is 0.661. The normalized spacial score (nSPS) is 8.50. The molecule has 0 heterocycles. The van der Waals surface area contributed by atoms with Gasteiger partial charge in [0.25, 0.3) is 0 Å². The monoisotopic (exact) mass is 386 g/mol. The summed E-state index contributed by atoms with van der Waals surface area (Å²) in [6.07, 6.45) is 4.81. The molecule has 0 unspecified atom stereocenters. The van der Waals surface area contributed by atoms with E-state index in [9.17, 15) is 3.08 Å². The van der Waals surface area contributed by atoms with Crippen LogP contribution in [0, 0.1) is 0 Å². The van der Waals surface area contributed by atoms with Crippen molar-refractivity contribution >= 4 is 42.3 Å². The Bertz CT molecular complexity index is 97.2. The van der Waals surface area contributed by atoms with E-state index in [4.69, 9.17) is 3.08 Å². The average Bonchev–Trinajstić information content (AvgIpc) is 2.14. The first-order valence-corrected chi connectivity index (χ1v) is 10.9. The summed E-state index contributed by atoms with van der Waals surface area (Å²) in [5.74, 6) is 0. The molecule has 0 spiro atoms. The van der Waals surface area contributed by atoms with Gasteiger partial charge in [0, 0.05) is 0 Å². The first-order valence-electron chi connectivity index (χ1n) is 4.53. The second kappa shape index (κ2) is 14.7. The summed E-state index contributed by atoms with van der Waals surface area (Å²) in [5.41, 5.74) is 0. The Hall–Kier alpha value is 1.20. The molecule has 0 atom stereocenters. The minimum absolute atomic E-state index is 0.300. The number of hydrogen-bond donors (Lipinski definition) is 0. The second-order valence-electron chi connectivity index (χ2n) is 2.75. The van der Waals surface area contributed by atoms with E-state index in [-0.39, 0.29) is 0 Å². The molecular weight excluding hydrogens is 366 g/mol. The van der Waals surface area contributed by atoms with Gasteiger partial charge in [0.05, 0.1) is 0 Å². The van der Waals surface area contributed by atoms with Gasteiger partial charge in [-0.05, 0) is 0 Å². The van der Waals surface area contributed by atoms with Crippen molar-refractivity contribution in [2.45, 2.75) is 48.4 Å². The van der Waals surface area contributed by atoms with E-state index >= 15 is 0 Å². The summed E-state index contributed by atoms with van der Waals surface area (Å²) >= 11 is -1.69. The topological polar surface area (TPSA) is 34.1 Å². The first kappa shape index (κ1) is 15.7. The van der Waals surface area contributed by atoms with Crippen molar-refractivity contribution < 1.29 is 6.15 Å². The molecule has 0 bridgehead atoms. The number of rotatable bonds is 6. The fourth-order valence-corrected chi connectivity index (χ4v) is 5.86. The van der Waals surface area contributed by atoms with Gasteiger partial charge in [-0.3, -0.25) is 0 Å². The van der Waals surface area contributed by atoms with Gasteiger partial charge in [0.15, 0.2) is 0 Å². The maximum atomic E-state index is 11.2. The molecule has 2 radical (unpaired) electrons. The minimum atomic E-state index is -1.99. The van der Waals surface area contributed by atoms with Crippen LogP contribution in [-0.4, -0.2) is 42.3 Å². The molecule has 0 aromatic carbocycles. The zero-order chi connectivity index (χ0) is 9.82. The summed E-state index contributed by atoms with van der Waals surface area (Å²) in [5, 5.41) is 0. The van der Waals surface area contributed by atoms with Crippen molar-refractivity contribution in [1.82, 2.24) is 0 Å². The molecule has 0 saturated heterocycles. The van der Waals surface area contributed by atoms with Crippen LogP contribution in [0.25, 0.3) is 0 Å². The van der Waals surface area contributed by atoms with Gasteiger partial charge in [-0.25, -0.2) is 0 Å². The molecule has 4 heteroatoms. The zero-order valence-electron chi connectivity index (χ0n) is 8.06. The fourth-order valence-electron chi connectivity index (χ4n) is 0.873. The van der Waals surface area contributed by atoms with E-state index in [1.54, 1.807) is 0 Å². The van der Waals surface area contributed by atoms with Crippen LogP contribution >= 0.6 is 0 Å². The molecule has 0 N–H and O–H groups in total. The molecule has 12 heavy (non-hydrogen) atoms.